The summed E-state index contributed by atoms with van der Waals surface area (Å²) in [5.41, 5.74) is -0.699. The van der Waals surface area contributed by atoms with E-state index in [9.17, 15) is 9.90 Å². The summed E-state index contributed by atoms with van der Waals surface area (Å²) in [6.07, 6.45) is 23.2. The van der Waals surface area contributed by atoms with Crippen molar-refractivity contribution in [3.05, 3.63) is 120 Å². The molecule has 0 aliphatic carbocycles. The molecule has 0 aromatic rings. The maximum Gasteiger partial charge on any atom is 0.319 e. The topological polar surface area (TPSA) is 130 Å². The van der Waals surface area contributed by atoms with Crippen LogP contribution in [0.3, 0.4) is 0 Å². The highest BCUT2D eigenvalue weighted by Gasteiger charge is 2.29. The van der Waals surface area contributed by atoms with Crippen molar-refractivity contribution in [2.75, 3.05) is 0 Å². The molecule has 0 aromatic carbocycles. The standard InChI is InChI=1S/C46H72O12/c1-14-25-35(47)49-36(26-15-2)50-37(27-16-3)51-38(28-17-4)52-39(29-18-5)53-40(30-19-6)54-41(31-20-7)55-42(32-21-8)56-43(33-22-9)57-44(34-23-10)58-45(48)46(12,13)24-11/h25-34,47H,14-24H2,1-13H3/b35-25+,36-26+,37-27+,38-28+,39-29+,40-30+,41-31+,42-32+,43-33+,44-34+. The number of rotatable bonds is 31. The van der Waals surface area contributed by atoms with E-state index in [1.807, 2.05) is 90.0 Å². The van der Waals surface area contributed by atoms with E-state index in [1.54, 1.807) is 54.7 Å². The van der Waals surface area contributed by atoms with Gasteiger partial charge in [-0.15, -0.1) is 0 Å². The molecule has 0 aliphatic heterocycles. The first kappa shape index (κ1) is 52.9. The van der Waals surface area contributed by atoms with Crippen LogP contribution in [0.1, 0.15) is 161 Å². The van der Waals surface area contributed by atoms with Crippen molar-refractivity contribution in [3.63, 3.8) is 0 Å². The fraction of sp³-hybridized carbons (Fsp3) is 0.543. The molecule has 12 nitrogen and oxygen atoms in total. The third-order valence-electron chi connectivity index (χ3n) is 7.16. The molecule has 0 aromatic heterocycles. The summed E-state index contributed by atoms with van der Waals surface area (Å²) in [5.74, 6) is -0.0849. The van der Waals surface area contributed by atoms with E-state index in [0.29, 0.717) is 70.6 Å². The first-order valence-corrected chi connectivity index (χ1v) is 20.9. The summed E-state index contributed by atoms with van der Waals surface area (Å²) in [4.78, 5) is 12.9. The van der Waals surface area contributed by atoms with Crippen LogP contribution in [0.25, 0.3) is 0 Å². The molecule has 0 fully saturated rings. The molecular weight excluding hydrogens is 744 g/mol. The molecule has 0 heterocycles. The van der Waals surface area contributed by atoms with E-state index < -0.39 is 11.4 Å². The van der Waals surface area contributed by atoms with E-state index in [2.05, 4.69) is 0 Å². The first-order valence-electron chi connectivity index (χ1n) is 20.9. The number of carbonyl (C=O) groups is 1. The summed E-state index contributed by atoms with van der Waals surface area (Å²) in [7, 11) is 0. The number of aliphatic hydroxyl groups excluding tert-OH is 1. The minimum absolute atomic E-state index is 0.0147. The highest BCUT2D eigenvalue weighted by atomic mass is 16.8. The van der Waals surface area contributed by atoms with Crippen molar-refractivity contribution in [1.29, 1.82) is 0 Å². The smallest absolute Gasteiger partial charge is 0.319 e. The van der Waals surface area contributed by atoms with Gasteiger partial charge in [0.2, 0.25) is 0 Å². The third-order valence-corrected chi connectivity index (χ3v) is 7.16. The van der Waals surface area contributed by atoms with Crippen molar-refractivity contribution in [2.45, 2.75) is 161 Å². The van der Waals surface area contributed by atoms with Crippen LogP contribution in [-0.2, 0) is 52.2 Å². The predicted octanol–water partition coefficient (Wildman–Crippen LogP) is 14.2. The van der Waals surface area contributed by atoms with Crippen LogP contribution in [0.2, 0.25) is 0 Å². The van der Waals surface area contributed by atoms with Crippen LogP contribution < -0.4 is 0 Å². The van der Waals surface area contributed by atoms with Gasteiger partial charge >= 0.3 is 5.97 Å². The average Bonchev–Trinajstić information content (AvgIpc) is 3.15. The molecule has 0 saturated carbocycles. The van der Waals surface area contributed by atoms with Gasteiger partial charge in [0.15, 0.2) is 0 Å². The van der Waals surface area contributed by atoms with E-state index in [1.165, 1.54) is 6.08 Å². The number of hydrogen-bond acceptors (Lipinski definition) is 12. The molecule has 0 bridgehead atoms. The molecule has 0 amide bonds. The Bertz CT molecular complexity index is 1520. The number of ether oxygens (including phenoxy) is 10. The fourth-order valence-electron chi connectivity index (χ4n) is 3.92. The molecule has 0 radical (unpaired) electrons. The van der Waals surface area contributed by atoms with Gasteiger partial charge in [-0.1, -0.05) is 76.2 Å². The number of hydrogen-bond donors (Lipinski definition) is 1. The number of allylic oxidation sites excluding steroid dienone is 10. The predicted molar refractivity (Wildman–Crippen MR) is 226 cm³/mol. The molecule has 0 rings (SSSR count). The second kappa shape index (κ2) is 31.9. The van der Waals surface area contributed by atoms with Gasteiger partial charge in [0.1, 0.15) is 0 Å². The Balaban J connectivity index is 6.38. The SMILES string of the molecule is CC/C=C(\O)O/C(=C\CC)O/C(=C\CC)O/C(=C\CC)O/C(=C\CC)O/C(=C\CC)O/C(=C\CC)O/C(=C\CC)O/C(=C\CC)O/C(=C\CC)OC(=O)C(C)(C)CC. The Kier molecular flexibility index (Phi) is 29.1. The Labute approximate surface area is 348 Å². The third kappa shape index (κ3) is 23.2. The van der Waals surface area contributed by atoms with Gasteiger partial charge in [0.05, 0.1) is 5.41 Å². The zero-order chi connectivity index (χ0) is 43.8. The Morgan fingerprint density at radius 2 is 0.534 bits per heavy atom. The van der Waals surface area contributed by atoms with Crippen LogP contribution in [0, 0.1) is 5.41 Å². The van der Waals surface area contributed by atoms with E-state index >= 15 is 0 Å². The molecule has 12 heteroatoms. The zero-order valence-electron chi connectivity index (χ0n) is 37.5. The highest BCUT2D eigenvalue weighted by molar-refractivity contribution is 5.76. The maximum absolute atomic E-state index is 12.9. The molecule has 58 heavy (non-hydrogen) atoms. The highest BCUT2D eigenvalue weighted by Crippen LogP contribution is 2.27. The molecule has 0 atom stereocenters. The minimum Gasteiger partial charge on any atom is -0.481 e. The molecule has 0 aliphatic rings. The molecule has 0 unspecified atom stereocenters. The van der Waals surface area contributed by atoms with Crippen LogP contribution in [0.4, 0.5) is 0 Å². The second-order valence-electron chi connectivity index (χ2n) is 12.9. The Morgan fingerprint density at radius 3 is 0.724 bits per heavy atom. The summed E-state index contributed by atoms with van der Waals surface area (Å²) in [5, 5.41) is 10.1. The van der Waals surface area contributed by atoms with Gasteiger partial charge in [-0.05, 0) is 145 Å². The van der Waals surface area contributed by atoms with Gasteiger partial charge in [-0.3, -0.25) is 4.79 Å². The number of carbonyl (C=O) groups excluding carboxylic acids is 1. The lowest BCUT2D eigenvalue weighted by atomic mass is 9.91. The molecular formula is C46H72O12. The summed E-state index contributed by atoms with van der Waals surface area (Å²) < 4.78 is 59.9. The first-order chi connectivity index (χ1) is 27.8. The lowest BCUT2D eigenvalue weighted by Crippen LogP contribution is -2.26. The monoisotopic (exact) mass is 817 g/mol. The van der Waals surface area contributed by atoms with Gasteiger partial charge in [0.25, 0.3) is 59.5 Å². The van der Waals surface area contributed by atoms with Gasteiger partial charge in [0, 0.05) is 0 Å². The normalized spacial score (nSPS) is 14.5. The van der Waals surface area contributed by atoms with Crippen LogP contribution >= 0.6 is 0 Å². The Hall–Kier alpha value is -5.13. The lowest BCUT2D eigenvalue weighted by Gasteiger charge is -2.22. The Morgan fingerprint density at radius 1 is 0.345 bits per heavy atom. The van der Waals surface area contributed by atoms with Gasteiger partial charge < -0.3 is 52.5 Å². The minimum atomic E-state index is -0.699. The second-order valence-corrected chi connectivity index (χ2v) is 12.9. The van der Waals surface area contributed by atoms with E-state index in [4.69, 9.17) is 47.4 Å². The van der Waals surface area contributed by atoms with E-state index in [-0.39, 0.29) is 59.5 Å². The van der Waals surface area contributed by atoms with Crippen LogP contribution in [0.15, 0.2) is 120 Å². The van der Waals surface area contributed by atoms with Crippen molar-refractivity contribution in [1.82, 2.24) is 0 Å². The summed E-state index contributed by atoms with van der Waals surface area (Å²) >= 11 is 0. The van der Waals surface area contributed by atoms with Gasteiger partial charge in [-0.2, -0.15) is 0 Å². The van der Waals surface area contributed by atoms with Crippen molar-refractivity contribution >= 4 is 5.97 Å². The largest absolute Gasteiger partial charge is 0.481 e. The zero-order valence-corrected chi connectivity index (χ0v) is 37.5. The summed E-state index contributed by atoms with van der Waals surface area (Å²) in [6.45, 7) is 24.8. The van der Waals surface area contributed by atoms with Gasteiger partial charge in [-0.25, -0.2) is 0 Å². The summed E-state index contributed by atoms with van der Waals surface area (Å²) in [6, 6.07) is 0. The molecule has 328 valence electrons. The van der Waals surface area contributed by atoms with Crippen LogP contribution in [-0.4, -0.2) is 11.1 Å². The average molecular weight is 817 g/mol. The van der Waals surface area contributed by atoms with Crippen molar-refractivity contribution in [3.8, 4) is 0 Å². The molecule has 1 N–H and O–H groups in total. The quantitative estimate of drug-likeness (QED) is 0.0528. The number of aliphatic hydroxyl groups is 1. The number of esters is 1. The van der Waals surface area contributed by atoms with E-state index in [0.717, 1.165) is 0 Å². The maximum atomic E-state index is 12.9. The van der Waals surface area contributed by atoms with Crippen molar-refractivity contribution in [2.24, 2.45) is 5.41 Å². The molecule has 0 spiro atoms. The van der Waals surface area contributed by atoms with Crippen molar-refractivity contribution < 1.29 is 57.3 Å². The molecule has 0 saturated heterocycles. The lowest BCUT2D eigenvalue weighted by molar-refractivity contribution is -0.156. The fourth-order valence-corrected chi connectivity index (χ4v) is 3.92. The van der Waals surface area contributed by atoms with Crippen LogP contribution in [0.5, 0.6) is 0 Å².